The van der Waals surface area contributed by atoms with Gasteiger partial charge in [0.15, 0.2) is 0 Å². The van der Waals surface area contributed by atoms with Crippen molar-refractivity contribution in [3.63, 3.8) is 0 Å². The van der Waals surface area contributed by atoms with Crippen LogP contribution in [0.3, 0.4) is 0 Å². The van der Waals surface area contributed by atoms with E-state index in [-0.39, 0.29) is 11.5 Å². The highest BCUT2D eigenvalue weighted by Crippen LogP contribution is 2.38. The van der Waals surface area contributed by atoms with Gasteiger partial charge in [-0.1, -0.05) is 18.2 Å². The maximum absolute atomic E-state index is 13.3. The third-order valence-corrected chi connectivity index (χ3v) is 10.0. The van der Waals surface area contributed by atoms with E-state index in [1.54, 1.807) is 6.92 Å². The summed E-state index contributed by atoms with van der Waals surface area (Å²) in [5.74, 6) is -0.851. The van der Waals surface area contributed by atoms with Crippen LogP contribution in [-0.2, 0) is 34.1 Å². The fourth-order valence-electron chi connectivity index (χ4n) is 5.01. The average Bonchev–Trinajstić information content (AvgIpc) is 3.50. The maximum atomic E-state index is 13.3. The van der Waals surface area contributed by atoms with Crippen molar-refractivity contribution in [2.75, 3.05) is 29.3 Å². The first-order valence-electron chi connectivity index (χ1n) is 12.8. The van der Waals surface area contributed by atoms with Gasteiger partial charge < -0.3 is 10.1 Å². The molecule has 0 unspecified atom stereocenters. The van der Waals surface area contributed by atoms with E-state index in [9.17, 15) is 18.0 Å². The molecule has 200 valence electrons. The van der Waals surface area contributed by atoms with Crippen LogP contribution in [0, 0.1) is 0 Å². The lowest BCUT2D eigenvalue weighted by Gasteiger charge is -2.30. The number of nitrogens with one attached hydrogen (secondary N) is 1. The zero-order valence-electron chi connectivity index (χ0n) is 21.7. The number of carbonyl (C=O) groups is 2. The highest BCUT2D eigenvalue weighted by molar-refractivity contribution is 7.92. The number of fused-ring (bicyclic) bond motifs is 2. The highest BCUT2D eigenvalue weighted by atomic mass is 32.2. The topological polar surface area (TPSA) is 96.0 Å². The van der Waals surface area contributed by atoms with Gasteiger partial charge in [0, 0.05) is 36.1 Å². The van der Waals surface area contributed by atoms with Crippen LogP contribution in [0.2, 0.25) is 0 Å². The Bertz CT molecular complexity index is 1480. The van der Waals surface area contributed by atoms with Crippen molar-refractivity contribution < 1.29 is 22.7 Å². The van der Waals surface area contributed by atoms with Gasteiger partial charge in [-0.25, -0.2) is 13.2 Å². The van der Waals surface area contributed by atoms with Gasteiger partial charge in [-0.2, -0.15) is 0 Å². The van der Waals surface area contributed by atoms with Crippen molar-refractivity contribution in [3.8, 4) is 0 Å². The fourth-order valence-corrected chi connectivity index (χ4v) is 7.77. The van der Waals surface area contributed by atoms with Crippen LogP contribution in [0.5, 0.6) is 0 Å². The van der Waals surface area contributed by atoms with Crippen molar-refractivity contribution in [1.29, 1.82) is 0 Å². The van der Waals surface area contributed by atoms with E-state index in [0.717, 1.165) is 22.5 Å². The molecule has 0 atom stereocenters. The number of amides is 1. The Morgan fingerprint density at radius 3 is 2.50 bits per heavy atom. The van der Waals surface area contributed by atoms with Crippen molar-refractivity contribution in [3.05, 3.63) is 75.7 Å². The second-order valence-electron chi connectivity index (χ2n) is 9.68. The number of rotatable bonds is 7. The summed E-state index contributed by atoms with van der Waals surface area (Å²) in [5.41, 5.74) is 3.36. The third-order valence-electron chi connectivity index (χ3n) is 7.07. The molecular formula is C28H31N3O5S2. The van der Waals surface area contributed by atoms with Gasteiger partial charge >= 0.3 is 5.97 Å². The molecule has 0 fully saturated rings. The van der Waals surface area contributed by atoms with Gasteiger partial charge in [0.1, 0.15) is 5.00 Å². The lowest BCUT2D eigenvalue weighted by atomic mass is 10.0. The van der Waals surface area contributed by atoms with Crippen LogP contribution in [0.15, 0.2) is 53.4 Å². The summed E-state index contributed by atoms with van der Waals surface area (Å²) >= 11 is 1.40. The van der Waals surface area contributed by atoms with Gasteiger partial charge in [-0.3, -0.25) is 14.0 Å². The number of nitrogens with zero attached hydrogens (tertiary/aromatic N) is 2. The minimum Gasteiger partial charge on any atom is -0.462 e. The number of benzene rings is 2. The molecule has 10 heteroatoms. The zero-order valence-corrected chi connectivity index (χ0v) is 23.3. The molecule has 3 heterocycles. The largest absolute Gasteiger partial charge is 0.462 e. The van der Waals surface area contributed by atoms with Crippen LogP contribution in [-0.4, -0.2) is 50.9 Å². The molecule has 38 heavy (non-hydrogen) atoms. The van der Waals surface area contributed by atoms with Gasteiger partial charge in [-0.15, -0.1) is 11.3 Å². The molecule has 8 nitrogen and oxygen atoms in total. The number of thiophene rings is 1. The van der Waals surface area contributed by atoms with Gasteiger partial charge in [0.2, 0.25) is 0 Å². The highest BCUT2D eigenvalue weighted by Gasteiger charge is 2.32. The summed E-state index contributed by atoms with van der Waals surface area (Å²) in [7, 11) is -3.75. The molecule has 0 aliphatic carbocycles. The van der Waals surface area contributed by atoms with E-state index >= 15 is 0 Å². The monoisotopic (exact) mass is 553 g/mol. The van der Waals surface area contributed by atoms with E-state index in [4.69, 9.17) is 4.74 Å². The minimum atomic E-state index is -3.75. The molecule has 0 saturated heterocycles. The summed E-state index contributed by atoms with van der Waals surface area (Å²) < 4.78 is 33.3. The molecule has 0 saturated carbocycles. The molecular weight excluding hydrogens is 522 g/mol. The normalized spacial score (nSPS) is 15.3. The Hall–Kier alpha value is -3.21. The van der Waals surface area contributed by atoms with Gasteiger partial charge in [0.25, 0.3) is 15.9 Å². The summed E-state index contributed by atoms with van der Waals surface area (Å²) in [4.78, 5) is 29.5. The van der Waals surface area contributed by atoms with Crippen LogP contribution < -0.4 is 9.62 Å². The Kier molecular flexibility index (Phi) is 7.30. The minimum absolute atomic E-state index is 0.123. The number of sulfonamides is 1. The van der Waals surface area contributed by atoms with E-state index in [0.29, 0.717) is 53.8 Å². The molecule has 1 amide bonds. The third kappa shape index (κ3) is 4.83. The summed E-state index contributed by atoms with van der Waals surface area (Å²) in [6.45, 7) is 8.21. The second kappa shape index (κ2) is 10.5. The molecule has 0 spiro atoms. The first kappa shape index (κ1) is 26.4. The Morgan fingerprint density at radius 1 is 1.05 bits per heavy atom. The first-order chi connectivity index (χ1) is 18.2. The SMILES string of the molecule is CCOC(=O)c1c(NC(=O)c2ccc(S(=O)(=O)N3CCc4ccccc43)cc2)sc2c1CCN(C(C)C)C2. The number of anilines is 2. The second-order valence-corrected chi connectivity index (χ2v) is 12.6. The van der Waals surface area contributed by atoms with E-state index in [1.807, 2.05) is 24.3 Å². The summed E-state index contributed by atoms with van der Waals surface area (Å²) in [6.07, 6.45) is 1.37. The first-order valence-corrected chi connectivity index (χ1v) is 15.0. The van der Waals surface area contributed by atoms with Crippen molar-refractivity contribution in [1.82, 2.24) is 4.90 Å². The number of hydrogen-bond acceptors (Lipinski definition) is 7. The van der Waals surface area contributed by atoms with Crippen LogP contribution in [0.25, 0.3) is 0 Å². The smallest absolute Gasteiger partial charge is 0.341 e. The zero-order chi connectivity index (χ0) is 27.0. The van der Waals surface area contributed by atoms with Gasteiger partial charge in [-0.05, 0) is 75.1 Å². The molecule has 1 N–H and O–H groups in total. The molecule has 2 aliphatic rings. The summed E-state index contributed by atoms with van der Waals surface area (Å²) in [6, 6.07) is 13.8. The van der Waals surface area contributed by atoms with E-state index in [1.165, 1.54) is 39.9 Å². The standard InChI is InChI=1S/C28H31N3O5S2/c1-4-36-28(33)25-22-14-15-30(18(2)3)17-24(22)37-27(25)29-26(32)20-9-11-21(12-10-20)38(34,35)31-16-13-19-7-5-6-8-23(19)31/h5-12,18H,4,13-17H2,1-3H3,(H,29,32). The lowest BCUT2D eigenvalue weighted by Crippen LogP contribution is -2.35. The molecule has 5 rings (SSSR count). The fraction of sp³-hybridized carbons (Fsp3) is 0.357. The molecule has 1 aromatic heterocycles. The molecule has 2 aromatic carbocycles. The number of esters is 1. The Balaban J connectivity index is 1.38. The number of carbonyl (C=O) groups excluding carboxylic acids is 2. The Morgan fingerprint density at radius 2 is 1.79 bits per heavy atom. The summed E-state index contributed by atoms with van der Waals surface area (Å²) in [5, 5.41) is 3.36. The molecule has 0 bridgehead atoms. The predicted octanol–water partition coefficient (Wildman–Crippen LogP) is 4.70. The molecule has 0 radical (unpaired) electrons. The van der Waals surface area contributed by atoms with E-state index < -0.39 is 21.9 Å². The lowest BCUT2D eigenvalue weighted by molar-refractivity contribution is 0.0526. The van der Waals surface area contributed by atoms with Crippen molar-refractivity contribution >= 4 is 43.9 Å². The number of para-hydroxylation sites is 1. The number of ether oxygens (including phenoxy) is 1. The predicted molar refractivity (Wildman–Crippen MR) is 149 cm³/mol. The maximum Gasteiger partial charge on any atom is 0.341 e. The van der Waals surface area contributed by atoms with Gasteiger partial charge in [0.05, 0.1) is 22.8 Å². The van der Waals surface area contributed by atoms with Crippen molar-refractivity contribution in [2.24, 2.45) is 0 Å². The molecule has 3 aromatic rings. The van der Waals surface area contributed by atoms with Crippen LogP contribution in [0.4, 0.5) is 10.7 Å². The quantitative estimate of drug-likeness (QED) is 0.427. The van der Waals surface area contributed by atoms with E-state index in [2.05, 4.69) is 24.1 Å². The van der Waals surface area contributed by atoms with Crippen LogP contribution in [0.1, 0.15) is 57.5 Å². The van der Waals surface area contributed by atoms with Crippen LogP contribution >= 0.6 is 11.3 Å². The number of hydrogen-bond donors (Lipinski definition) is 1. The average molecular weight is 554 g/mol. The molecule has 2 aliphatic heterocycles. The van der Waals surface area contributed by atoms with Crippen molar-refractivity contribution in [2.45, 2.75) is 51.1 Å². The Labute approximate surface area is 227 Å².